The average Bonchev–Trinajstić information content (AvgIpc) is 2.18. The van der Waals surface area contributed by atoms with Crippen molar-refractivity contribution in [3.63, 3.8) is 0 Å². The van der Waals surface area contributed by atoms with Crippen LogP contribution < -0.4 is 0 Å². The zero-order valence-electron chi connectivity index (χ0n) is 7.83. The fraction of sp³-hybridized carbons (Fsp3) is 0.250. The maximum atomic E-state index is 13.0. The molecular weight excluding hydrogens is 253 g/mol. The number of halogens is 5. The van der Waals surface area contributed by atoms with Crippen molar-refractivity contribution in [3.05, 3.63) is 39.4 Å². The molecule has 0 aliphatic carbocycles. The predicted octanol–water partition coefficient (Wildman–Crippen LogP) is 2.47. The Balaban J connectivity index is 3.30. The first kappa shape index (κ1) is 13.3. The molecule has 0 heterocycles. The van der Waals surface area contributed by atoms with Crippen LogP contribution in [0.2, 0.25) is 0 Å². The van der Waals surface area contributed by atoms with Gasteiger partial charge in [0.25, 0.3) is 0 Å². The molecule has 0 bridgehead atoms. The molecule has 0 aromatic heterocycles. The summed E-state index contributed by atoms with van der Waals surface area (Å²) in [4.78, 5) is 8.88. The number of hydrogen-bond acceptors (Lipinski definition) is 3. The molecule has 9 heteroatoms. The molecule has 94 valence electrons. The lowest BCUT2D eigenvalue weighted by atomic mass is 10.1. The quantitative estimate of drug-likeness (QED) is 0.503. The molecule has 1 unspecified atom stereocenters. The Hall–Kier alpha value is -1.77. The molecule has 1 aromatic carbocycles. The summed E-state index contributed by atoms with van der Waals surface area (Å²) in [7, 11) is 0. The summed E-state index contributed by atoms with van der Waals surface area (Å²) in [5, 5.41) is 18.9. The van der Waals surface area contributed by atoms with Crippen LogP contribution in [0.5, 0.6) is 0 Å². The molecule has 0 radical (unpaired) electrons. The minimum Gasteiger partial charge on any atom is -0.379 e. The molecule has 1 atom stereocenters. The second-order valence-corrected chi connectivity index (χ2v) is 3.03. The van der Waals surface area contributed by atoms with Crippen molar-refractivity contribution in [1.29, 1.82) is 0 Å². The van der Waals surface area contributed by atoms with Gasteiger partial charge in [-0.2, -0.15) is 17.6 Å². The topological polar surface area (TPSA) is 63.4 Å². The molecule has 1 rings (SSSR count). The molecule has 0 amide bonds. The lowest BCUT2D eigenvalue weighted by Crippen LogP contribution is -2.21. The number of nitro benzene ring substituents is 1. The minimum absolute atomic E-state index is 0.0143. The molecule has 0 saturated heterocycles. The highest BCUT2D eigenvalue weighted by Gasteiger charge is 2.41. The first-order valence-corrected chi connectivity index (χ1v) is 4.02. The van der Waals surface area contributed by atoms with Crippen molar-refractivity contribution in [2.24, 2.45) is 0 Å². The van der Waals surface area contributed by atoms with Crippen LogP contribution in [0.3, 0.4) is 0 Å². The lowest BCUT2D eigenvalue weighted by molar-refractivity contribution is -0.387. The van der Waals surface area contributed by atoms with Crippen LogP contribution in [0.1, 0.15) is 11.7 Å². The Kier molecular flexibility index (Phi) is 3.32. The first-order valence-electron chi connectivity index (χ1n) is 4.02. The fourth-order valence-corrected chi connectivity index (χ4v) is 1.08. The van der Waals surface area contributed by atoms with Crippen LogP contribution in [0.15, 0.2) is 12.1 Å². The van der Waals surface area contributed by atoms with Gasteiger partial charge in [-0.1, -0.05) is 0 Å². The molecular formula is C8H4F5NO3. The summed E-state index contributed by atoms with van der Waals surface area (Å²) in [5.41, 5.74) is -2.71. The van der Waals surface area contributed by atoms with Crippen molar-refractivity contribution in [2.75, 3.05) is 0 Å². The Morgan fingerprint density at radius 1 is 1.24 bits per heavy atom. The van der Waals surface area contributed by atoms with Gasteiger partial charge in [0, 0.05) is 5.56 Å². The molecule has 0 fully saturated rings. The third-order valence-corrected chi connectivity index (χ3v) is 1.87. The van der Waals surface area contributed by atoms with Crippen LogP contribution in [0, 0.1) is 21.7 Å². The normalized spacial score (nSPS) is 13.5. The van der Waals surface area contributed by atoms with E-state index in [9.17, 15) is 32.1 Å². The van der Waals surface area contributed by atoms with Crippen molar-refractivity contribution < 1.29 is 32.0 Å². The molecule has 0 spiro atoms. The lowest BCUT2D eigenvalue weighted by Gasteiger charge is -2.15. The zero-order valence-corrected chi connectivity index (χ0v) is 7.83. The van der Waals surface area contributed by atoms with Crippen LogP contribution in [0.25, 0.3) is 0 Å². The van der Waals surface area contributed by atoms with E-state index in [-0.39, 0.29) is 12.1 Å². The van der Waals surface area contributed by atoms with Crippen LogP contribution >= 0.6 is 0 Å². The number of benzene rings is 1. The van der Waals surface area contributed by atoms with Crippen molar-refractivity contribution in [1.82, 2.24) is 0 Å². The molecule has 0 aliphatic heterocycles. The van der Waals surface area contributed by atoms with E-state index < -0.39 is 40.1 Å². The summed E-state index contributed by atoms with van der Waals surface area (Å²) in [6.07, 6.45) is -8.43. The third-order valence-electron chi connectivity index (χ3n) is 1.87. The average molecular weight is 257 g/mol. The van der Waals surface area contributed by atoms with Gasteiger partial charge in [0.2, 0.25) is 5.82 Å². The standard InChI is InChI=1S/C8H4F5NO3/c9-4-2-6(14(16)17)5(10)1-3(4)7(15)8(11,12)13/h1-2,7,15H. The molecule has 0 saturated carbocycles. The van der Waals surface area contributed by atoms with Gasteiger partial charge in [0.15, 0.2) is 6.10 Å². The molecule has 1 N–H and O–H groups in total. The second kappa shape index (κ2) is 4.24. The summed E-state index contributed by atoms with van der Waals surface area (Å²) < 4.78 is 62.1. The smallest absolute Gasteiger partial charge is 0.379 e. The number of rotatable bonds is 2. The molecule has 1 aromatic rings. The Morgan fingerprint density at radius 3 is 2.18 bits per heavy atom. The van der Waals surface area contributed by atoms with Gasteiger partial charge in [-0.25, -0.2) is 4.39 Å². The van der Waals surface area contributed by atoms with E-state index >= 15 is 0 Å². The maximum absolute atomic E-state index is 13.0. The van der Waals surface area contributed by atoms with Crippen LogP contribution in [-0.2, 0) is 0 Å². The predicted molar refractivity (Wildman–Crippen MR) is 44.0 cm³/mol. The van der Waals surface area contributed by atoms with E-state index in [2.05, 4.69) is 0 Å². The highest BCUT2D eigenvalue weighted by atomic mass is 19.4. The van der Waals surface area contributed by atoms with Crippen molar-refractivity contribution in [2.45, 2.75) is 12.3 Å². The number of aliphatic hydroxyl groups excluding tert-OH is 1. The van der Waals surface area contributed by atoms with Gasteiger partial charge in [-0.15, -0.1) is 0 Å². The van der Waals surface area contributed by atoms with E-state index in [4.69, 9.17) is 5.11 Å². The van der Waals surface area contributed by atoms with Gasteiger partial charge < -0.3 is 5.11 Å². The number of nitro groups is 1. The van der Waals surface area contributed by atoms with Gasteiger partial charge in [-0.05, 0) is 6.07 Å². The SMILES string of the molecule is O=[N+]([O-])c1cc(F)c(C(O)C(F)(F)F)cc1F. The summed E-state index contributed by atoms with van der Waals surface area (Å²) in [5.74, 6) is -3.36. The number of nitrogens with zero attached hydrogens (tertiary/aromatic N) is 1. The Morgan fingerprint density at radius 2 is 1.76 bits per heavy atom. The van der Waals surface area contributed by atoms with Crippen molar-refractivity contribution in [3.8, 4) is 0 Å². The number of hydrogen-bond donors (Lipinski definition) is 1. The molecule has 0 aliphatic rings. The van der Waals surface area contributed by atoms with E-state index in [0.29, 0.717) is 0 Å². The van der Waals surface area contributed by atoms with E-state index in [1.807, 2.05) is 0 Å². The Bertz CT molecular complexity index is 459. The van der Waals surface area contributed by atoms with Crippen molar-refractivity contribution >= 4 is 5.69 Å². The molecule has 4 nitrogen and oxygen atoms in total. The van der Waals surface area contributed by atoms with Gasteiger partial charge in [0.1, 0.15) is 5.82 Å². The minimum atomic E-state index is -5.19. The van der Waals surface area contributed by atoms with Gasteiger partial charge in [0.05, 0.1) is 11.0 Å². The zero-order chi connectivity index (χ0) is 13.4. The maximum Gasteiger partial charge on any atom is 0.418 e. The van der Waals surface area contributed by atoms with E-state index in [1.54, 1.807) is 0 Å². The van der Waals surface area contributed by atoms with Crippen LogP contribution in [0.4, 0.5) is 27.6 Å². The number of aliphatic hydroxyl groups is 1. The summed E-state index contributed by atoms with van der Waals surface area (Å²) >= 11 is 0. The fourth-order valence-electron chi connectivity index (χ4n) is 1.08. The van der Waals surface area contributed by atoms with Gasteiger partial charge >= 0.3 is 11.9 Å². The Labute approximate surface area is 90.4 Å². The van der Waals surface area contributed by atoms with Crippen LogP contribution in [-0.4, -0.2) is 16.2 Å². The van der Waals surface area contributed by atoms with E-state index in [0.717, 1.165) is 0 Å². The third kappa shape index (κ3) is 2.67. The highest BCUT2D eigenvalue weighted by Crippen LogP contribution is 2.35. The summed E-state index contributed by atoms with van der Waals surface area (Å²) in [6.45, 7) is 0. The first-order chi connectivity index (χ1) is 7.64. The highest BCUT2D eigenvalue weighted by molar-refractivity contribution is 5.37. The second-order valence-electron chi connectivity index (χ2n) is 3.03. The summed E-state index contributed by atoms with van der Waals surface area (Å²) in [6, 6.07) is -0.0642. The largest absolute Gasteiger partial charge is 0.418 e. The molecule has 17 heavy (non-hydrogen) atoms. The van der Waals surface area contributed by atoms with Gasteiger partial charge in [-0.3, -0.25) is 10.1 Å². The van der Waals surface area contributed by atoms with E-state index in [1.165, 1.54) is 0 Å². The monoisotopic (exact) mass is 257 g/mol. The number of alkyl halides is 3.